The first-order chi connectivity index (χ1) is 7.50. The van der Waals surface area contributed by atoms with Gasteiger partial charge in [-0.3, -0.25) is 0 Å². The van der Waals surface area contributed by atoms with Gasteiger partial charge in [0, 0.05) is 12.0 Å². The summed E-state index contributed by atoms with van der Waals surface area (Å²) in [5, 5.41) is 8.65. The van der Waals surface area contributed by atoms with E-state index in [2.05, 4.69) is 4.74 Å². The largest absolute Gasteiger partial charge is 0.478 e. The molecule has 0 aliphatic carbocycles. The highest BCUT2D eigenvalue weighted by Gasteiger charge is 2.33. The molecule has 6 heteroatoms. The number of benzene rings is 1. The molecule has 0 bridgehead atoms. The van der Waals surface area contributed by atoms with Gasteiger partial charge in [-0.1, -0.05) is 0 Å². The number of ether oxygens (including phenoxy) is 1. The van der Waals surface area contributed by atoms with E-state index in [1.807, 2.05) is 0 Å². The van der Waals surface area contributed by atoms with Crippen molar-refractivity contribution in [1.29, 1.82) is 0 Å². The molecule has 1 heterocycles. The van der Waals surface area contributed by atoms with E-state index in [4.69, 9.17) is 5.11 Å². The number of hydrogen-bond acceptors (Lipinski definition) is 3. The van der Waals surface area contributed by atoms with Crippen molar-refractivity contribution in [3.05, 3.63) is 34.9 Å². The third-order valence-corrected chi connectivity index (χ3v) is 2.33. The fourth-order valence-corrected chi connectivity index (χ4v) is 1.54. The number of cyclic esters (lactones) is 1. The monoisotopic (exact) mass is 228 g/mol. The summed E-state index contributed by atoms with van der Waals surface area (Å²) in [5.41, 5.74) is -0.375. The molecule has 1 aliphatic rings. The van der Waals surface area contributed by atoms with E-state index in [9.17, 15) is 18.4 Å². The highest BCUT2D eigenvalue weighted by molar-refractivity contribution is 5.94. The quantitative estimate of drug-likeness (QED) is 0.732. The second-order valence-corrected chi connectivity index (χ2v) is 3.32. The molecule has 16 heavy (non-hydrogen) atoms. The summed E-state index contributed by atoms with van der Waals surface area (Å²) in [6, 6.07) is 1.88. The number of rotatable bonds is 1. The lowest BCUT2D eigenvalue weighted by Gasteiger charge is -2.21. The summed E-state index contributed by atoms with van der Waals surface area (Å²) < 4.78 is 30.7. The normalized spacial score (nSPS) is 18.9. The van der Waals surface area contributed by atoms with Crippen molar-refractivity contribution < 1.29 is 28.2 Å². The smallest absolute Gasteiger partial charge is 0.345 e. The zero-order valence-electron chi connectivity index (χ0n) is 7.87. The number of carboxylic acids is 1. The van der Waals surface area contributed by atoms with Crippen molar-refractivity contribution in [3.63, 3.8) is 0 Å². The average molecular weight is 228 g/mol. The van der Waals surface area contributed by atoms with Crippen molar-refractivity contribution in [2.24, 2.45) is 0 Å². The van der Waals surface area contributed by atoms with Gasteiger partial charge in [-0.2, -0.15) is 0 Å². The molecule has 1 atom stereocenters. The summed E-state index contributed by atoms with van der Waals surface area (Å²) in [7, 11) is 0. The van der Waals surface area contributed by atoms with Gasteiger partial charge in [-0.05, 0) is 12.1 Å². The minimum atomic E-state index is -1.46. The number of carboxylic acid groups (broad SMARTS) is 1. The summed E-state index contributed by atoms with van der Waals surface area (Å²) >= 11 is 0. The van der Waals surface area contributed by atoms with Crippen LogP contribution in [0.2, 0.25) is 0 Å². The zero-order valence-corrected chi connectivity index (χ0v) is 7.87. The molecule has 0 saturated heterocycles. The molecule has 1 unspecified atom stereocenters. The molecular weight excluding hydrogens is 222 g/mol. The Hall–Kier alpha value is -1.98. The molecule has 84 valence electrons. The van der Waals surface area contributed by atoms with Gasteiger partial charge >= 0.3 is 11.9 Å². The first-order valence-corrected chi connectivity index (χ1v) is 4.41. The van der Waals surface area contributed by atoms with Crippen LogP contribution in [0.5, 0.6) is 0 Å². The van der Waals surface area contributed by atoms with Crippen LogP contribution in [0.15, 0.2) is 12.1 Å². The number of hydrogen-bond donors (Lipinski definition) is 1. The van der Waals surface area contributed by atoms with E-state index in [0.717, 1.165) is 12.1 Å². The maximum atomic E-state index is 13.3. The van der Waals surface area contributed by atoms with Gasteiger partial charge in [0.05, 0.1) is 5.56 Å². The van der Waals surface area contributed by atoms with E-state index in [1.165, 1.54) is 0 Å². The molecule has 1 aromatic carbocycles. The first kappa shape index (κ1) is 10.5. The van der Waals surface area contributed by atoms with Gasteiger partial charge in [-0.15, -0.1) is 0 Å². The van der Waals surface area contributed by atoms with Gasteiger partial charge in [0.25, 0.3) is 0 Å². The fourth-order valence-electron chi connectivity index (χ4n) is 1.54. The lowest BCUT2D eigenvalue weighted by Crippen LogP contribution is -2.34. The Morgan fingerprint density at radius 2 is 2.12 bits per heavy atom. The lowest BCUT2D eigenvalue weighted by atomic mass is 9.98. The molecule has 0 aromatic heterocycles. The second kappa shape index (κ2) is 3.55. The Morgan fingerprint density at radius 1 is 1.44 bits per heavy atom. The fraction of sp³-hybridized carbons (Fsp3) is 0.200. The summed E-state index contributed by atoms with van der Waals surface area (Å²) in [6.45, 7) is 0. The number of carbonyl (C=O) groups is 2. The first-order valence-electron chi connectivity index (χ1n) is 4.41. The topological polar surface area (TPSA) is 63.6 Å². The third-order valence-electron chi connectivity index (χ3n) is 2.33. The maximum absolute atomic E-state index is 13.3. The Labute approximate surface area is 88.4 Å². The third kappa shape index (κ3) is 1.52. The van der Waals surface area contributed by atoms with Crippen LogP contribution in [0, 0.1) is 11.6 Å². The van der Waals surface area contributed by atoms with Crippen LogP contribution < -0.4 is 0 Å². The van der Waals surface area contributed by atoms with Crippen molar-refractivity contribution in [3.8, 4) is 0 Å². The van der Waals surface area contributed by atoms with Crippen molar-refractivity contribution >= 4 is 11.9 Å². The predicted octanol–water partition coefficient (Wildman–Crippen LogP) is 1.13. The molecule has 2 rings (SSSR count). The zero-order chi connectivity index (χ0) is 11.9. The molecule has 1 aromatic rings. The van der Waals surface area contributed by atoms with Crippen LogP contribution in [0.25, 0.3) is 0 Å². The predicted molar refractivity (Wildman–Crippen MR) is 46.9 cm³/mol. The SMILES string of the molecule is O=C1OC(C(=O)O)Cc2c1ccc(F)c2F. The second-order valence-electron chi connectivity index (χ2n) is 3.32. The Bertz CT molecular complexity index is 484. The molecular formula is C10H6F2O4. The van der Waals surface area contributed by atoms with E-state index in [-0.39, 0.29) is 17.5 Å². The summed E-state index contributed by atoms with van der Waals surface area (Å²) in [4.78, 5) is 21.9. The highest BCUT2D eigenvalue weighted by Crippen LogP contribution is 2.25. The Morgan fingerprint density at radius 3 is 2.75 bits per heavy atom. The molecule has 4 nitrogen and oxygen atoms in total. The number of fused-ring (bicyclic) bond motifs is 1. The van der Waals surface area contributed by atoms with Crippen LogP contribution in [-0.2, 0) is 16.0 Å². The van der Waals surface area contributed by atoms with E-state index >= 15 is 0 Å². The van der Waals surface area contributed by atoms with E-state index in [0.29, 0.717) is 0 Å². The van der Waals surface area contributed by atoms with Gasteiger partial charge in [0.15, 0.2) is 11.6 Å². The molecule has 0 saturated carbocycles. The van der Waals surface area contributed by atoms with Gasteiger partial charge < -0.3 is 9.84 Å². The Kier molecular flexibility index (Phi) is 2.34. The molecule has 0 fully saturated rings. The summed E-state index contributed by atoms with van der Waals surface area (Å²) in [6.07, 6.45) is -1.82. The maximum Gasteiger partial charge on any atom is 0.345 e. The lowest BCUT2D eigenvalue weighted by molar-refractivity contribution is -0.147. The molecule has 0 radical (unpaired) electrons. The average Bonchev–Trinajstić information content (AvgIpc) is 2.23. The van der Waals surface area contributed by atoms with Crippen LogP contribution in [-0.4, -0.2) is 23.1 Å². The molecule has 0 amide bonds. The van der Waals surface area contributed by atoms with Crippen molar-refractivity contribution in [2.45, 2.75) is 12.5 Å². The van der Waals surface area contributed by atoms with Gasteiger partial charge in [-0.25, -0.2) is 18.4 Å². The molecule has 0 spiro atoms. The van der Waals surface area contributed by atoms with Crippen LogP contribution in [0.4, 0.5) is 8.78 Å². The highest BCUT2D eigenvalue weighted by atomic mass is 19.2. The number of aliphatic carboxylic acids is 1. The minimum Gasteiger partial charge on any atom is -0.478 e. The number of halogens is 2. The summed E-state index contributed by atoms with van der Waals surface area (Å²) in [5.74, 6) is -4.65. The van der Waals surface area contributed by atoms with Gasteiger partial charge in [0.2, 0.25) is 6.10 Å². The van der Waals surface area contributed by atoms with Crippen LogP contribution in [0.1, 0.15) is 15.9 Å². The number of carbonyl (C=O) groups excluding carboxylic acids is 1. The molecule has 1 aliphatic heterocycles. The van der Waals surface area contributed by atoms with Crippen LogP contribution >= 0.6 is 0 Å². The van der Waals surface area contributed by atoms with E-state index in [1.54, 1.807) is 0 Å². The minimum absolute atomic E-state index is 0.128. The van der Waals surface area contributed by atoms with Crippen LogP contribution in [0.3, 0.4) is 0 Å². The van der Waals surface area contributed by atoms with E-state index < -0.39 is 29.7 Å². The number of esters is 1. The van der Waals surface area contributed by atoms with Crippen molar-refractivity contribution in [2.75, 3.05) is 0 Å². The van der Waals surface area contributed by atoms with Crippen molar-refractivity contribution in [1.82, 2.24) is 0 Å². The Balaban J connectivity index is 2.51. The standard InChI is InChI=1S/C10H6F2O4/c11-6-2-1-4-5(8(6)12)3-7(9(13)14)16-10(4)15/h1-2,7H,3H2,(H,13,14). The molecule has 1 N–H and O–H groups in total. The van der Waals surface area contributed by atoms with Gasteiger partial charge in [0.1, 0.15) is 0 Å².